The Labute approximate surface area is 99.6 Å². The summed E-state index contributed by atoms with van der Waals surface area (Å²) in [5, 5.41) is 0.730. The average Bonchev–Trinajstić information content (AvgIpc) is 2.26. The maximum Gasteiger partial charge on any atom is 0.123 e. The highest BCUT2D eigenvalue weighted by Gasteiger charge is 2.35. The summed E-state index contributed by atoms with van der Waals surface area (Å²) in [6.45, 7) is 0. The van der Waals surface area contributed by atoms with Crippen LogP contribution in [0.3, 0.4) is 0 Å². The summed E-state index contributed by atoms with van der Waals surface area (Å²) in [4.78, 5) is 0. The van der Waals surface area contributed by atoms with Crippen LogP contribution in [0.4, 0.5) is 4.39 Å². The van der Waals surface area contributed by atoms with Gasteiger partial charge in [0.05, 0.1) is 0 Å². The molecule has 1 aliphatic heterocycles. The summed E-state index contributed by atoms with van der Waals surface area (Å²) in [5.74, 6) is 1.26. The SMILES string of the molecule is FC1CCC2Oc3ccc(Cl)cc3CC2C1. The van der Waals surface area contributed by atoms with Crippen molar-refractivity contribution in [2.45, 2.75) is 38.0 Å². The van der Waals surface area contributed by atoms with Crippen molar-refractivity contribution in [1.82, 2.24) is 0 Å². The summed E-state index contributed by atoms with van der Waals surface area (Å²) in [7, 11) is 0. The van der Waals surface area contributed by atoms with E-state index in [4.69, 9.17) is 16.3 Å². The smallest absolute Gasteiger partial charge is 0.123 e. The Morgan fingerprint density at radius 3 is 3.06 bits per heavy atom. The molecule has 0 spiro atoms. The minimum absolute atomic E-state index is 0.209. The fourth-order valence-corrected chi connectivity index (χ4v) is 3.01. The van der Waals surface area contributed by atoms with Gasteiger partial charge < -0.3 is 4.74 Å². The number of benzene rings is 1. The molecule has 0 aromatic heterocycles. The molecule has 3 heteroatoms. The topological polar surface area (TPSA) is 9.23 Å². The Morgan fingerprint density at radius 2 is 2.19 bits per heavy atom. The highest BCUT2D eigenvalue weighted by atomic mass is 35.5. The minimum Gasteiger partial charge on any atom is -0.490 e. The van der Waals surface area contributed by atoms with Gasteiger partial charge in [-0.15, -0.1) is 0 Å². The summed E-state index contributed by atoms with van der Waals surface area (Å²) in [5.41, 5.74) is 1.13. The van der Waals surface area contributed by atoms with E-state index in [1.165, 1.54) is 0 Å². The number of ether oxygens (including phenoxy) is 1. The molecule has 0 amide bonds. The van der Waals surface area contributed by atoms with E-state index in [2.05, 4.69) is 0 Å². The molecule has 2 aliphatic rings. The standard InChI is InChI=1S/C13H14ClFO/c14-10-1-3-12-8(6-10)5-9-7-11(15)2-4-13(9)16-12/h1,3,6,9,11,13H,2,4-5,7H2. The van der Waals surface area contributed by atoms with Gasteiger partial charge >= 0.3 is 0 Å². The van der Waals surface area contributed by atoms with E-state index in [0.717, 1.165) is 29.2 Å². The third kappa shape index (κ3) is 1.80. The molecule has 3 unspecified atom stereocenters. The monoisotopic (exact) mass is 240 g/mol. The second kappa shape index (κ2) is 3.92. The van der Waals surface area contributed by atoms with Crippen LogP contribution in [-0.4, -0.2) is 12.3 Å². The molecule has 1 aliphatic carbocycles. The van der Waals surface area contributed by atoms with E-state index in [-0.39, 0.29) is 6.10 Å². The maximum absolute atomic E-state index is 13.3. The fraction of sp³-hybridized carbons (Fsp3) is 0.538. The molecule has 1 aromatic rings. The first-order valence-corrected chi connectivity index (χ1v) is 6.19. The largest absolute Gasteiger partial charge is 0.490 e. The van der Waals surface area contributed by atoms with Gasteiger partial charge in [0.1, 0.15) is 18.0 Å². The van der Waals surface area contributed by atoms with E-state index < -0.39 is 6.17 Å². The third-order valence-electron chi connectivity index (χ3n) is 3.63. The van der Waals surface area contributed by atoms with E-state index in [9.17, 15) is 4.39 Å². The van der Waals surface area contributed by atoms with Crippen molar-refractivity contribution < 1.29 is 9.13 Å². The molecule has 1 fully saturated rings. The summed E-state index contributed by atoms with van der Waals surface area (Å²) in [6.07, 6.45) is 2.58. The Morgan fingerprint density at radius 1 is 1.31 bits per heavy atom. The first-order chi connectivity index (χ1) is 7.72. The molecule has 0 bridgehead atoms. The number of halogens is 2. The van der Waals surface area contributed by atoms with Crippen molar-refractivity contribution in [3.8, 4) is 5.75 Å². The van der Waals surface area contributed by atoms with Crippen LogP contribution in [0.5, 0.6) is 5.75 Å². The van der Waals surface area contributed by atoms with Crippen molar-refractivity contribution in [1.29, 1.82) is 0 Å². The molecule has 16 heavy (non-hydrogen) atoms. The summed E-state index contributed by atoms with van der Waals surface area (Å²) < 4.78 is 19.2. The third-order valence-corrected chi connectivity index (χ3v) is 3.87. The van der Waals surface area contributed by atoms with Crippen molar-refractivity contribution >= 4 is 11.6 Å². The summed E-state index contributed by atoms with van der Waals surface area (Å²) in [6, 6.07) is 5.71. The normalized spacial score (nSPS) is 32.5. The van der Waals surface area contributed by atoms with Gasteiger partial charge in [0, 0.05) is 10.9 Å². The Hall–Kier alpha value is -0.760. The van der Waals surface area contributed by atoms with Crippen LogP contribution in [0.25, 0.3) is 0 Å². The Balaban J connectivity index is 1.88. The molecule has 0 radical (unpaired) electrons. The lowest BCUT2D eigenvalue weighted by atomic mass is 9.79. The van der Waals surface area contributed by atoms with E-state index in [1.807, 2.05) is 18.2 Å². The molecule has 86 valence electrons. The van der Waals surface area contributed by atoms with Crippen LogP contribution in [-0.2, 0) is 6.42 Å². The molecule has 3 rings (SSSR count). The van der Waals surface area contributed by atoms with Gasteiger partial charge in [0.15, 0.2) is 0 Å². The van der Waals surface area contributed by atoms with Crippen LogP contribution in [0.2, 0.25) is 5.02 Å². The van der Waals surface area contributed by atoms with Crippen molar-refractivity contribution in [2.24, 2.45) is 5.92 Å². The van der Waals surface area contributed by atoms with Gasteiger partial charge in [0.2, 0.25) is 0 Å². The molecule has 0 saturated heterocycles. The summed E-state index contributed by atoms with van der Waals surface area (Å²) >= 11 is 5.95. The minimum atomic E-state index is -0.648. The van der Waals surface area contributed by atoms with Crippen molar-refractivity contribution in [3.05, 3.63) is 28.8 Å². The number of alkyl halides is 1. The van der Waals surface area contributed by atoms with Gasteiger partial charge in [-0.2, -0.15) is 0 Å². The fourth-order valence-electron chi connectivity index (χ4n) is 2.82. The Bertz CT molecular complexity index is 407. The molecular weight excluding hydrogens is 227 g/mol. The van der Waals surface area contributed by atoms with Gasteiger partial charge in [0.25, 0.3) is 0 Å². The first kappa shape index (κ1) is 10.4. The molecule has 1 heterocycles. The van der Waals surface area contributed by atoms with E-state index in [1.54, 1.807) is 0 Å². The number of hydrogen-bond acceptors (Lipinski definition) is 1. The van der Waals surface area contributed by atoms with Gasteiger partial charge in [-0.3, -0.25) is 0 Å². The number of hydrogen-bond donors (Lipinski definition) is 0. The van der Waals surface area contributed by atoms with Crippen molar-refractivity contribution in [3.63, 3.8) is 0 Å². The second-order valence-corrected chi connectivity index (χ2v) is 5.22. The zero-order valence-electron chi connectivity index (χ0n) is 8.96. The highest BCUT2D eigenvalue weighted by molar-refractivity contribution is 6.30. The number of fused-ring (bicyclic) bond motifs is 2. The predicted octanol–water partition coefficient (Wildman–Crippen LogP) is 3.78. The average molecular weight is 241 g/mol. The number of rotatable bonds is 0. The predicted molar refractivity (Wildman–Crippen MR) is 61.8 cm³/mol. The Kier molecular flexibility index (Phi) is 2.55. The molecular formula is C13H14ClFO. The van der Waals surface area contributed by atoms with Gasteiger partial charge in [-0.1, -0.05) is 11.6 Å². The molecule has 1 saturated carbocycles. The molecule has 0 N–H and O–H groups in total. The van der Waals surface area contributed by atoms with Crippen LogP contribution in [0, 0.1) is 5.92 Å². The first-order valence-electron chi connectivity index (χ1n) is 5.81. The lowest BCUT2D eigenvalue weighted by Crippen LogP contribution is -2.38. The van der Waals surface area contributed by atoms with E-state index in [0.29, 0.717) is 18.8 Å². The van der Waals surface area contributed by atoms with Gasteiger partial charge in [-0.05, 0) is 49.4 Å². The maximum atomic E-state index is 13.3. The zero-order valence-corrected chi connectivity index (χ0v) is 9.71. The van der Waals surface area contributed by atoms with E-state index >= 15 is 0 Å². The quantitative estimate of drug-likeness (QED) is 0.671. The lowest BCUT2D eigenvalue weighted by Gasteiger charge is -2.38. The van der Waals surface area contributed by atoms with Gasteiger partial charge in [-0.25, -0.2) is 4.39 Å². The molecule has 3 atom stereocenters. The molecule has 1 aromatic carbocycles. The zero-order chi connectivity index (χ0) is 11.1. The second-order valence-electron chi connectivity index (χ2n) is 4.78. The van der Waals surface area contributed by atoms with Crippen LogP contribution < -0.4 is 4.74 Å². The highest BCUT2D eigenvalue weighted by Crippen LogP contribution is 2.39. The van der Waals surface area contributed by atoms with Crippen molar-refractivity contribution in [2.75, 3.05) is 0 Å². The van der Waals surface area contributed by atoms with Crippen LogP contribution in [0.15, 0.2) is 18.2 Å². The van der Waals surface area contributed by atoms with Crippen LogP contribution >= 0.6 is 11.6 Å². The molecule has 1 nitrogen and oxygen atoms in total. The lowest BCUT2D eigenvalue weighted by molar-refractivity contribution is 0.0417. The van der Waals surface area contributed by atoms with Crippen LogP contribution in [0.1, 0.15) is 24.8 Å².